The first-order chi connectivity index (χ1) is 11.1. The van der Waals surface area contributed by atoms with Crippen molar-refractivity contribution in [3.05, 3.63) is 64.3 Å². The standard InChI is InChI=1S/C17H12ClNO4/c1-22-15-9-10(6-7-14(15)20)8-13-17(21)23-16(19-13)11-4-2-3-5-12(11)18/h2-9,20H,1H3/b13-8-. The number of phenols is 1. The smallest absolute Gasteiger partial charge is 0.363 e. The fourth-order valence-corrected chi connectivity index (χ4v) is 2.32. The highest BCUT2D eigenvalue weighted by Crippen LogP contribution is 2.28. The molecule has 0 saturated heterocycles. The summed E-state index contributed by atoms with van der Waals surface area (Å²) in [5, 5.41) is 10.0. The lowest BCUT2D eigenvalue weighted by molar-refractivity contribution is -0.129. The summed E-state index contributed by atoms with van der Waals surface area (Å²) in [5.74, 6) is -0.0746. The molecule has 0 aromatic heterocycles. The summed E-state index contributed by atoms with van der Waals surface area (Å²) in [6.45, 7) is 0. The molecule has 0 radical (unpaired) electrons. The Bertz CT molecular complexity index is 842. The van der Waals surface area contributed by atoms with Crippen molar-refractivity contribution in [1.82, 2.24) is 0 Å². The number of benzene rings is 2. The molecule has 1 aliphatic rings. The number of esters is 1. The SMILES string of the molecule is COc1cc(/C=C2\N=C(c3ccccc3Cl)OC2=O)ccc1O. The Labute approximate surface area is 137 Å². The van der Waals surface area contributed by atoms with E-state index in [1.807, 2.05) is 0 Å². The number of cyclic esters (lactones) is 1. The maximum Gasteiger partial charge on any atom is 0.363 e. The number of phenolic OH excluding ortho intramolecular Hbond substituents is 1. The normalized spacial score (nSPS) is 15.5. The van der Waals surface area contributed by atoms with Crippen LogP contribution in [0.1, 0.15) is 11.1 Å². The van der Waals surface area contributed by atoms with Gasteiger partial charge in [-0.2, -0.15) is 0 Å². The van der Waals surface area contributed by atoms with E-state index in [2.05, 4.69) is 4.99 Å². The van der Waals surface area contributed by atoms with Gasteiger partial charge in [-0.05, 0) is 35.9 Å². The number of ether oxygens (including phenoxy) is 2. The topological polar surface area (TPSA) is 68.1 Å². The molecule has 0 aliphatic carbocycles. The highest BCUT2D eigenvalue weighted by molar-refractivity contribution is 6.34. The number of carbonyl (C=O) groups excluding carboxylic acids is 1. The van der Waals surface area contributed by atoms with Crippen LogP contribution < -0.4 is 4.74 Å². The molecule has 1 N–H and O–H groups in total. The van der Waals surface area contributed by atoms with Crippen LogP contribution in [0.2, 0.25) is 5.02 Å². The van der Waals surface area contributed by atoms with Gasteiger partial charge in [0.25, 0.3) is 0 Å². The second-order valence-corrected chi connectivity index (χ2v) is 5.15. The largest absolute Gasteiger partial charge is 0.504 e. The van der Waals surface area contributed by atoms with Gasteiger partial charge < -0.3 is 14.6 Å². The van der Waals surface area contributed by atoms with Crippen molar-refractivity contribution in [3.8, 4) is 11.5 Å². The summed E-state index contributed by atoms with van der Waals surface area (Å²) in [7, 11) is 1.45. The van der Waals surface area contributed by atoms with E-state index in [9.17, 15) is 9.90 Å². The molecule has 6 heteroatoms. The molecular weight excluding hydrogens is 318 g/mol. The molecule has 5 nitrogen and oxygen atoms in total. The minimum Gasteiger partial charge on any atom is -0.504 e. The molecule has 2 aromatic rings. The maximum absolute atomic E-state index is 12.0. The Hall–Kier alpha value is -2.79. The molecule has 1 heterocycles. The lowest BCUT2D eigenvalue weighted by Gasteiger charge is -2.03. The highest BCUT2D eigenvalue weighted by atomic mass is 35.5. The number of aromatic hydroxyl groups is 1. The van der Waals surface area contributed by atoms with Gasteiger partial charge in [-0.25, -0.2) is 9.79 Å². The van der Waals surface area contributed by atoms with E-state index in [0.717, 1.165) is 0 Å². The van der Waals surface area contributed by atoms with Gasteiger partial charge in [0.2, 0.25) is 5.90 Å². The zero-order valence-electron chi connectivity index (χ0n) is 12.1. The predicted octanol–water partition coefficient (Wildman–Crippen LogP) is 3.40. The number of hydrogen-bond acceptors (Lipinski definition) is 5. The summed E-state index contributed by atoms with van der Waals surface area (Å²) in [6, 6.07) is 11.7. The molecule has 3 rings (SSSR count). The molecular formula is C17H12ClNO4. The van der Waals surface area contributed by atoms with Gasteiger partial charge in [0.05, 0.1) is 17.7 Å². The van der Waals surface area contributed by atoms with Crippen molar-refractivity contribution < 1.29 is 19.4 Å². The van der Waals surface area contributed by atoms with Crippen LogP contribution in [0.4, 0.5) is 0 Å². The van der Waals surface area contributed by atoms with Crippen LogP contribution in [-0.4, -0.2) is 24.1 Å². The third-order valence-corrected chi connectivity index (χ3v) is 3.56. The lowest BCUT2D eigenvalue weighted by atomic mass is 10.1. The van der Waals surface area contributed by atoms with Crippen LogP contribution in [-0.2, 0) is 9.53 Å². The van der Waals surface area contributed by atoms with E-state index < -0.39 is 5.97 Å². The molecule has 0 spiro atoms. The van der Waals surface area contributed by atoms with Crippen molar-refractivity contribution in [2.24, 2.45) is 4.99 Å². The van der Waals surface area contributed by atoms with E-state index in [1.165, 1.54) is 13.2 Å². The van der Waals surface area contributed by atoms with Crippen molar-refractivity contribution in [1.29, 1.82) is 0 Å². The quantitative estimate of drug-likeness (QED) is 0.692. The summed E-state index contributed by atoms with van der Waals surface area (Å²) >= 11 is 6.08. The molecule has 0 fully saturated rings. The number of aliphatic imine (C=N–C) groups is 1. The molecule has 0 amide bonds. The number of halogens is 1. The zero-order valence-corrected chi connectivity index (χ0v) is 12.9. The lowest BCUT2D eigenvalue weighted by Crippen LogP contribution is -2.05. The number of rotatable bonds is 3. The molecule has 116 valence electrons. The third kappa shape index (κ3) is 3.05. The van der Waals surface area contributed by atoms with Crippen molar-refractivity contribution in [2.45, 2.75) is 0 Å². The second kappa shape index (κ2) is 6.14. The predicted molar refractivity (Wildman–Crippen MR) is 86.7 cm³/mol. The summed E-state index contributed by atoms with van der Waals surface area (Å²) in [5.41, 5.74) is 1.35. The fourth-order valence-electron chi connectivity index (χ4n) is 2.10. The second-order valence-electron chi connectivity index (χ2n) is 4.75. The Kier molecular flexibility index (Phi) is 4.04. The Morgan fingerprint density at radius 3 is 2.78 bits per heavy atom. The Morgan fingerprint density at radius 2 is 2.04 bits per heavy atom. The Morgan fingerprint density at radius 1 is 1.26 bits per heavy atom. The molecule has 23 heavy (non-hydrogen) atoms. The van der Waals surface area contributed by atoms with Crippen LogP contribution in [0, 0.1) is 0 Å². The first kappa shape index (κ1) is 15.1. The molecule has 0 atom stereocenters. The van der Waals surface area contributed by atoms with Crippen molar-refractivity contribution in [3.63, 3.8) is 0 Å². The minimum atomic E-state index is -0.563. The van der Waals surface area contributed by atoms with Crippen LogP contribution in [0.5, 0.6) is 11.5 Å². The first-order valence-electron chi connectivity index (χ1n) is 6.73. The average molecular weight is 330 g/mol. The average Bonchev–Trinajstić information content (AvgIpc) is 2.90. The van der Waals surface area contributed by atoms with Gasteiger partial charge in [0.15, 0.2) is 17.2 Å². The number of methoxy groups -OCH3 is 1. The molecule has 0 saturated carbocycles. The van der Waals surface area contributed by atoms with Gasteiger partial charge in [-0.1, -0.05) is 29.8 Å². The summed E-state index contributed by atoms with van der Waals surface area (Å²) in [4.78, 5) is 16.2. The van der Waals surface area contributed by atoms with E-state index in [1.54, 1.807) is 42.5 Å². The van der Waals surface area contributed by atoms with Crippen LogP contribution in [0.25, 0.3) is 6.08 Å². The zero-order chi connectivity index (χ0) is 16.4. The monoisotopic (exact) mass is 329 g/mol. The van der Waals surface area contributed by atoms with Crippen molar-refractivity contribution in [2.75, 3.05) is 7.11 Å². The van der Waals surface area contributed by atoms with E-state index in [4.69, 9.17) is 21.1 Å². The van der Waals surface area contributed by atoms with Gasteiger partial charge in [0, 0.05) is 0 Å². The summed E-state index contributed by atoms with van der Waals surface area (Å²) < 4.78 is 10.2. The Balaban J connectivity index is 1.97. The highest BCUT2D eigenvalue weighted by Gasteiger charge is 2.25. The van der Waals surface area contributed by atoms with Crippen LogP contribution in [0.15, 0.2) is 53.2 Å². The van der Waals surface area contributed by atoms with Gasteiger partial charge in [-0.15, -0.1) is 0 Å². The molecule has 0 bridgehead atoms. The fraction of sp³-hybridized carbons (Fsp3) is 0.0588. The molecule has 1 aliphatic heterocycles. The van der Waals surface area contributed by atoms with Gasteiger partial charge >= 0.3 is 5.97 Å². The van der Waals surface area contributed by atoms with Gasteiger partial charge in [0.1, 0.15) is 0 Å². The van der Waals surface area contributed by atoms with E-state index >= 15 is 0 Å². The minimum absolute atomic E-state index is 0.0175. The van der Waals surface area contributed by atoms with E-state index in [-0.39, 0.29) is 17.3 Å². The van der Waals surface area contributed by atoms with Crippen molar-refractivity contribution >= 4 is 29.5 Å². The number of nitrogens with zero attached hydrogens (tertiary/aromatic N) is 1. The molecule has 0 unspecified atom stereocenters. The number of carbonyl (C=O) groups is 1. The third-order valence-electron chi connectivity index (χ3n) is 3.23. The van der Waals surface area contributed by atoms with Crippen LogP contribution in [0.3, 0.4) is 0 Å². The maximum atomic E-state index is 12.0. The summed E-state index contributed by atoms with van der Waals surface area (Å²) in [6.07, 6.45) is 1.55. The first-order valence-corrected chi connectivity index (χ1v) is 7.11. The van der Waals surface area contributed by atoms with E-state index in [0.29, 0.717) is 21.9 Å². The number of hydrogen-bond donors (Lipinski definition) is 1. The molecule has 2 aromatic carbocycles. The van der Waals surface area contributed by atoms with Gasteiger partial charge in [-0.3, -0.25) is 0 Å². The van der Waals surface area contributed by atoms with Crippen LogP contribution >= 0.6 is 11.6 Å².